The number of hydrogen-bond donors (Lipinski definition) is 2. The monoisotopic (exact) mass is 262 g/mol. The molecule has 1 heterocycles. The molecule has 2 N–H and O–H groups in total. The first kappa shape index (κ1) is 14.2. The highest BCUT2D eigenvalue weighted by atomic mass is 19.3. The van der Waals surface area contributed by atoms with E-state index in [0.717, 1.165) is 19.5 Å². The van der Waals surface area contributed by atoms with Crippen LogP contribution in [0.5, 0.6) is 0 Å². The number of halogens is 2. The number of aliphatic hydroxyl groups excluding tert-OH is 1. The van der Waals surface area contributed by atoms with Gasteiger partial charge in [-0.1, -0.05) is 6.42 Å². The zero-order valence-corrected chi connectivity index (χ0v) is 11.0. The summed E-state index contributed by atoms with van der Waals surface area (Å²) in [5.41, 5.74) is 0. The van der Waals surface area contributed by atoms with Crippen molar-refractivity contribution in [1.29, 1.82) is 0 Å². The SMILES string of the molecule is CC(O)C1CC(NCC(F)F)CN(C2CCC2)C1. The second-order valence-corrected chi connectivity index (χ2v) is 5.77. The molecule has 3 atom stereocenters. The first-order valence-electron chi connectivity index (χ1n) is 7.00. The Morgan fingerprint density at radius 2 is 2.06 bits per heavy atom. The minimum atomic E-state index is -2.30. The number of likely N-dealkylation sites (tertiary alicyclic amines) is 1. The summed E-state index contributed by atoms with van der Waals surface area (Å²) in [6.07, 6.45) is 1.85. The number of aliphatic hydroxyl groups is 1. The van der Waals surface area contributed by atoms with Crippen LogP contribution in [0.15, 0.2) is 0 Å². The molecule has 5 heteroatoms. The molecule has 18 heavy (non-hydrogen) atoms. The second kappa shape index (κ2) is 6.26. The van der Waals surface area contributed by atoms with Crippen LogP contribution in [0.1, 0.15) is 32.6 Å². The van der Waals surface area contributed by atoms with Gasteiger partial charge in [0.1, 0.15) is 0 Å². The zero-order valence-electron chi connectivity index (χ0n) is 11.0. The van der Waals surface area contributed by atoms with Gasteiger partial charge in [-0.3, -0.25) is 4.90 Å². The van der Waals surface area contributed by atoms with Gasteiger partial charge in [0.15, 0.2) is 0 Å². The van der Waals surface area contributed by atoms with Crippen molar-refractivity contribution in [2.75, 3.05) is 19.6 Å². The van der Waals surface area contributed by atoms with Crippen molar-refractivity contribution in [3.05, 3.63) is 0 Å². The van der Waals surface area contributed by atoms with Crippen LogP contribution >= 0.6 is 0 Å². The van der Waals surface area contributed by atoms with E-state index < -0.39 is 6.43 Å². The number of hydrogen-bond acceptors (Lipinski definition) is 3. The summed E-state index contributed by atoms with van der Waals surface area (Å²) in [5.74, 6) is 0.203. The van der Waals surface area contributed by atoms with Crippen LogP contribution < -0.4 is 5.32 Å². The van der Waals surface area contributed by atoms with Gasteiger partial charge in [-0.15, -0.1) is 0 Å². The molecule has 0 spiro atoms. The van der Waals surface area contributed by atoms with Crippen LogP contribution in [0.3, 0.4) is 0 Å². The highest BCUT2D eigenvalue weighted by molar-refractivity contribution is 4.91. The number of nitrogens with one attached hydrogen (secondary N) is 1. The molecule has 2 aliphatic rings. The lowest BCUT2D eigenvalue weighted by atomic mass is 9.84. The van der Waals surface area contributed by atoms with Crippen molar-refractivity contribution in [2.45, 2.75) is 57.2 Å². The van der Waals surface area contributed by atoms with Crippen LogP contribution in [0.25, 0.3) is 0 Å². The number of rotatable bonds is 5. The average molecular weight is 262 g/mol. The van der Waals surface area contributed by atoms with E-state index in [2.05, 4.69) is 10.2 Å². The lowest BCUT2D eigenvalue weighted by molar-refractivity contribution is 0.00773. The Labute approximate surface area is 108 Å². The van der Waals surface area contributed by atoms with E-state index in [0.29, 0.717) is 6.04 Å². The Morgan fingerprint density at radius 3 is 2.56 bits per heavy atom. The van der Waals surface area contributed by atoms with Crippen molar-refractivity contribution in [3.63, 3.8) is 0 Å². The number of alkyl halides is 2. The summed E-state index contributed by atoms with van der Waals surface area (Å²) in [6, 6.07) is 0.704. The second-order valence-electron chi connectivity index (χ2n) is 5.77. The van der Waals surface area contributed by atoms with Gasteiger partial charge >= 0.3 is 0 Å². The van der Waals surface area contributed by atoms with Crippen LogP contribution in [-0.4, -0.2) is 54.3 Å². The maximum atomic E-state index is 12.3. The first-order valence-corrected chi connectivity index (χ1v) is 7.00. The third-order valence-corrected chi connectivity index (χ3v) is 4.35. The highest BCUT2D eigenvalue weighted by Gasteiger charge is 2.35. The lowest BCUT2D eigenvalue weighted by Crippen LogP contribution is -2.56. The van der Waals surface area contributed by atoms with Gasteiger partial charge in [0.2, 0.25) is 0 Å². The topological polar surface area (TPSA) is 35.5 Å². The van der Waals surface area contributed by atoms with Gasteiger partial charge in [0.05, 0.1) is 12.6 Å². The minimum Gasteiger partial charge on any atom is -0.393 e. The van der Waals surface area contributed by atoms with E-state index in [1.165, 1.54) is 19.3 Å². The van der Waals surface area contributed by atoms with Crippen molar-refractivity contribution in [2.24, 2.45) is 5.92 Å². The molecule has 3 unspecified atom stereocenters. The molecule has 1 aliphatic carbocycles. The maximum Gasteiger partial charge on any atom is 0.250 e. The van der Waals surface area contributed by atoms with Gasteiger partial charge in [-0.2, -0.15) is 0 Å². The van der Waals surface area contributed by atoms with Gasteiger partial charge in [0, 0.05) is 25.2 Å². The molecule has 2 rings (SSSR count). The molecule has 1 aliphatic heterocycles. The predicted molar refractivity (Wildman–Crippen MR) is 66.8 cm³/mol. The summed E-state index contributed by atoms with van der Waals surface area (Å²) in [5, 5.41) is 12.7. The zero-order chi connectivity index (χ0) is 13.1. The predicted octanol–water partition coefficient (Wildman–Crippen LogP) is 1.46. The molecule has 1 saturated heterocycles. The Balaban J connectivity index is 1.88. The Hall–Kier alpha value is -0.260. The molecule has 106 valence electrons. The smallest absolute Gasteiger partial charge is 0.250 e. The average Bonchev–Trinajstić information content (AvgIpc) is 2.23. The van der Waals surface area contributed by atoms with Crippen LogP contribution in [0.2, 0.25) is 0 Å². The molecule has 0 amide bonds. The molecule has 0 aromatic rings. The van der Waals surface area contributed by atoms with E-state index in [9.17, 15) is 13.9 Å². The normalized spacial score (nSPS) is 32.5. The fourth-order valence-electron chi connectivity index (χ4n) is 2.98. The largest absolute Gasteiger partial charge is 0.393 e. The molecule has 2 fully saturated rings. The molecular formula is C13H24F2N2O. The fourth-order valence-corrected chi connectivity index (χ4v) is 2.98. The van der Waals surface area contributed by atoms with Crippen LogP contribution in [-0.2, 0) is 0 Å². The van der Waals surface area contributed by atoms with Gasteiger partial charge in [0.25, 0.3) is 6.43 Å². The fraction of sp³-hybridized carbons (Fsp3) is 1.00. The van der Waals surface area contributed by atoms with E-state index in [1.54, 1.807) is 6.92 Å². The third kappa shape index (κ3) is 3.62. The summed E-state index contributed by atoms with van der Waals surface area (Å²) >= 11 is 0. The molecule has 1 saturated carbocycles. The molecule has 0 radical (unpaired) electrons. The van der Waals surface area contributed by atoms with E-state index in [1.807, 2.05) is 0 Å². The Bertz CT molecular complexity index is 259. The summed E-state index contributed by atoms with van der Waals surface area (Å²) < 4.78 is 24.5. The van der Waals surface area contributed by atoms with Crippen molar-refractivity contribution in [3.8, 4) is 0 Å². The lowest BCUT2D eigenvalue weighted by Gasteiger charge is -2.46. The highest BCUT2D eigenvalue weighted by Crippen LogP contribution is 2.30. The van der Waals surface area contributed by atoms with Crippen LogP contribution in [0, 0.1) is 5.92 Å². The Kier molecular flexibility index (Phi) is 4.92. The summed E-state index contributed by atoms with van der Waals surface area (Å²) in [4.78, 5) is 2.38. The molecule has 0 bridgehead atoms. The van der Waals surface area contributed by atoms with Gasteiger partial charge in [-0.25, -0.2) is 8.78 Å². The molecule has 0 aromatic heterocycles. The molecule has 0 aromatic carbocycles. The minimum absolute atomic E-state index is 0.0907. The van der Waals surface area contributed by atoms with Crippen LogP contribution in [0.4, 0.5) is 8.78 Å². The summed E-state index contributed by atoms with van der Waals surface area (Å²) in [7, 11) is 0. The van der Waals surface area contributed by atoms with Gasteiger partial charge < -0.3 is 10.4 Å². The van der Waals surface area contributed by atoms with E-state index in [4.69, 9.17) is 0 Å². The summed E-state index contributed by atoms with van der Waals surface area (Å²) in [6.45, 7) is 3.32. The maximum absolute atomic E-state index is 12.3. The van der Waals surface area contributed by atoms with Crippen molar-refractivity contribution < 1.29 is 13.9 Å². The first-order chi connectivity index (χ1) is 8.56. The van der Waals surface area contributed by atoms with E-state index in [-0.39, 0.29) is 24.6 Å². The van der Waals surface area contributed by atoms with Crippen molar-refractivity contribution in [1.82, 2.24) is 10.2 Å². The van der Waals surface area contributed by atoms with E-state index >= 15 is 0 Å². The molecule has 3 nitrogen and oxygen atoms in total. The van der Waals surface area contributed by atoms with Gasteiger partial charge in [-0.05, 0) is 32.1 Å². The molecular weight excluding hydrogens is 238 g/mol. The quantitative estimate of drug-likeness (QED) is 0.787. The Morgan fingerprint density at radius 1 is 1.33 bits per heavy atom. The van der Waals surface area contributed by atoms with Crippen molar-refractivity contribution >= 4 is 0 Å². The number of piperidine rings is 1. The standard InChI is InChI=1S/C13H24F2N2O/c1-9(18)10-5-11(16-6-13(14)15)8-17(7-10)12-3-2-4-12/h9-13,16,18H,2-8H2,1H3. The number of nitrogens with zero attached hydrogens (tertiary/aromatic N) is 1. The third-order valence-electron chi connectivity index (χ3n) is 4.35.